The summed E-state index contributed by atoms with van der Waals surface area (Å²) in [5.74, 6) is 0.253. The monoisotopic (exact) mass is 368 g/mol. The maximum Gasteiger partial charge on any atom is 0.248 e. The highest BCUT2D eigenvalue weighted by Crippen LogP contribution is 2.36. The molecule has 0 fully saturated rings. The van der Waals surface area contributed by atoms with Crippen LogP contribution < -0.4 is 15.8 Å². The molecule has 0 spiro atoms. The van der Waals surface area contributed by atoms with Gasteiger partial charge in [-0.3, -0.25) is 4.79 Å². The van der Waals surface area contributed by atoms with Crippen molar-refractivity contribution in [1.82, 2.24) is 0 Å². The summed E-state index contributed by atoms with van der Waals surface area (Å²) >= 11 is 9.45. The molecule has 0 aromatic heterocycles. The molecule has 1 amide bonds. The van der Waals surface area contributed by atoms with Crippen LogP contribution in [0.4, 0.5) is 5.69 Å². The van der Waals surface area contributed by atoms with Crippen LogP contribution in [0.5, 0.6) is 5.75 Å². The molecule has 3 N–H and O–H groups in total. The van der Waals surface area contributed by atoms with E-state index in [2.05, 4.69) is 21.2 Å². The second kappa shape index (κ2) is 6.83. The Bertz CT molecular complexity index is 659. The van der Waals surface area contributed by atoms with E-state index in [1.165, 1.54) is 0 Å². The first-order valence-corrected chi connectivity index (χ1v) is 7.34. The number of benzene rings is 2. The molecule has 2 aromatic rings. The zero-order valence-corrected chi connectivity index (χ0v) is 13.7. The molecule has 0 bridgehead atoms. The molecule has 0 heterocycles. The smallest absolute Gasteiger partial charge is 0.248 e. The van der Waals surface area contributed by atoms with Gasteiger partial charge in [-0.1, -0.05) is 23.7 Å². The van der Waals surface area contributed by atoms with Crippen molar-refractivity contribution in [1.29, 1.82) is 0 Å². The standard InChI is InChI=1S/C15H14BrClN2O2/c1-21-14-12(16)6-11(17)7-13(14)19-8-9-2-4-10(5-3-9)15(18)20/h2-7,19H,8H2,1H3,(H2,18,20). The molecule has 6 heteroatoms. The summed E-state index contributed by atoms with van der Waals surface area (Å²) in [6.45, 7) is 0.572. The number of ether oxygens (including phenoxy) is 1. The largest absolute Gasteiger partial charge is 0.493 e. The number of carbonyl (C=O) groups excluding carboxylic acids is 1. The first-order chi connectivity index (χ1) is 10.0. The highest BCUT2D eigenvalue weighted by atomic mass is 79.9. The summed E-state index contributed by atoms with van der Waals surface area (Å²) in [4.78, 5) is 11.0. The van der Waals surface area contributed by atoms with Gasteiger partial charge >= 0.3 is 0 Å². The number of nitrogens with one attached hydrogen (secondary N) is 1. The van der Waals surface area contributed by atoms with E-state index < -0.39 is 5.91 Å². The fourth-order valence-electron chi connectivity index (χ4n) is 1.88. The molecule has 2 rings (SSSR count). The van der Waals surface area contributed by atoms with E-state index in [1.807, 2.05) is 12.1 Å². The Hall–Kier alpha value is -1.72. The van der Waals surface area contributed by atoms with E-state index in [9.17, 15) is 4.79 Å². The number of amides is 1. The molecular formula is C15H14BrClN2O2. The Labute approximate surface area is 136 Å². The lowest BCUT2D eigenvalue weighted by Gasteiger charge is -2.13. The molecule has 0 radical (unpaired) electrons. The van der Waals surface area contributed by atoms with Crippen molar-refractivity contribution in [3.8, 4) is 5.75 Å². The second-order valence-corrected chi connectivity index (χ2v) is 5.67. The minimum Gasteiger partial charge on any atom is -0.493 e. The molecule has 0 saturated heterocycles. The fraction of sp³-hybridized carbons (Fsp3) is 0.133. The van der Waals surface area contributed by atoms with E-state index in [0.717, 1.165) is 15.7 Å². The predicted molar refractivity (Wildman–Crippen MR) is 88.0 cm³/mol. The molecule has 0 unspecified atom stereocenters. The van der Waals surface area contributed by atoms with Gasteiger partial charge in [0.15, 0.2) is 5.75 Å². The molecular weight excluding hydrogens is 356 g/mol. The Kier molecular flexibility index (Phi) is 5.09. The summed E-state index contributed by atoms with van der Waals surface area (Å²) in [6, 6.07) is 10.7. The topological polar surface area (TPSA) is 64.3 Å². The van der Waals surface area contributed by atoms with Crippen molar-refractivity contribution in [2.45, 2.75) is 6.54 Å². The van der Waals surface area contributed by atoms with Crippen LogP contribution in [0.3, 0.4) is 0 Å². The van der Waals surface area contributed by atoms with Gasteiger partial charge in [0.05, 0.1) is 17.3 Å². The third-order valence-corrected chi connectivity index (χ3v) is 3.74. The number of hydrogen-bond acceptors (Lipinski definition) is 3. The average Bonchev–Trinajstić information content (AvgIpc) is 2.45. The summed E-state index contributed by atoms with van der Waals surface area (Å²) in [5, 5.41) is 3.86. The van der Waals surface area contributed by atoms with Gasteiger partial charge in [-0.05, 0) is 45.8 Å². The number of anilines is 1. The first-order valence-electron chi connectivity index (χ1n) is 6.17. The van der Waals surface area contributed by atoms with Crippen LogP contribution in [0.25, 0.3) is 0 Å². The lowest BCUT2D eigenvalue weighted by atomic mass is 10.1. The van der Waals surface area contributed by atoms with Crippen molar-refractivity contribution in [3.05, 3.63) is 57.0 Å². The van der Waals surface area contributed by atoms with Crippen molar-refractivity contribution >= 4 is 39.1 Å². The van der Waals surface area contributed by atoms with E-state index >= 15 is 0 Å². The maximum absolute atomic E-state index is 11.0. The predicted octanol–water partition coefficient (Wildman–Crippen LogP) is 3.82. The average molecular weight is 370 g/mol. The van der Waals surface area contributed by atoms with Gasteiger partial charge in [-0.2, -0.15) is 0 Å². The normalized spacial score (nSPS) is 10.2. The zero-order valence-electron chi connectivity index (χ0n) is 11.3. The Morgan fingerprint density at radius 1 is 1.33 bits per heavy atom. The van der Waals surface area contributed by atoms with E-state index in [0.29, 0.717) is 22.9 Å². The van der Waals surface area contributed by atoms with E-state index in [-0.39, 0.29) is 0 Å². The highest BCUT2D eigenvalue weighted by molar-refractivity contribution is 9.10. The van der Waals surface area contributed by atoms with Gasteiger partial charge in [0, 0.05) is 17.1 Å². The second-order valence-electron chi connectivity index (χ2n) is 4.38. The SMILES string of the molecule is COc1c(Br)cc(Cl)cc1NCc1ccc(C(N)=O)cc1. The Morgan fingerprint density at radius 3 is 2.57 bits per heavy atom. The zero-order chi connectivity index (χ0) is 15.4. The van der Waals surface area contributed by atoms with Crippen LogP contribution in [-0.2, 0) is 6.54 Å². The van der Waals surface area contributed by atoms with Gasteiger partial charge < -0.3 is 15.8 Å². The van der Waals surface area contributed by atoms with Crippen LogP contribution in [0.1, 0.15) is 15.9 Å². The summed E-state index contributed by atoms with van der Waals surface area (Å²) < 4.78 is 6.12. The third kappa shape index (κ3) is 3.89. The van der Waals surface area contributed by atoms with Crippen LogP contribution in [0.2, 0.25) is 5.02 Å². The van der Waals surface area contributed by atoms with E-state index in [1.54, 1.807) is 31.4 Å². The number of nitrogens with two attached hydrogens (primary N) is 1. The third-order valence-electron chi connectivity index (χ3n) is 2.93. The Morgan fingerprint density at radius 2 is 2.00 bits per heavy atom. The van der Waals surface area contributed by atoms with Crippen molar-refractivity contribution in [2.24, 2.45) is 5.73 Å². The molecule has 0 aliphatic rings. The maximum atomic E-state index is 11.0. The van der Waals surface area contributed by atoms with E-state index in [4.69, 9.17) is 22.1 Å². The van der Waals surface area contributed by atoms with Crippen LogP contribution in [-0.4, -0.2) is 13.0 Å². The van der Waals surface area contributed by atoms with Crippen LogP contribution in [0, 0.1) is 0 Å². The number of halogens is 2. The number of primary amides is 1. The minimum atomic E-state index is -0.435. The highest BCUT2D eigenvalue weighted by Gasteiger charge is 2.09. The number of rotatable bonds is 5. The molecule has 0 aliphatic carbocycles. The summed E-state index contributed by atoms with van der Waals surface area (Å²) in [7, 11) is 1.60. The molecule has 0 aliphatic heterocycles. The summed E-state index contributed by atoms with van der Waals surface area (Å²) in [5.41, 5.74) is 7.50. The minimum absolute atomic E-state index is 0.435. The Balaban J connectivity index is 2.14. The molecule has 21 heavy (non-hydrogen) atoms. The fourth-order valence-corrected chi connectivity index (χ4v) is 2.86. The summed E-state index contributed by atoms with van der Waals surface area (Å²) in [6.07, 6.45) is 0. The van der Waals surface area contributed by atoms with Crippen molar-refractivity contribution < 1.29 is 9.53 Å². The molecule has 0 atom stereocenters. The quantitative estimate of drug-likeness (QED) is 0.842. The van der Waals surface area contributed by atoms with Gasteiger partial charge in [0.25, 0.3) is 0 Å². The lowest BCUT2D eigenvalue weighted by Crippen LogP contribution is -2.10. The number of carbonyl (C=O) groups is 1. The molecule has 110 valence electrons. The van der Waals surface area contributed by atoms with Crippen molar-refractivity contribution in [2.75, 3.05) is 12.4 Å². The first kappa shape index (κ1) is 15.7. The molecule has 4 nitrogen and oxygen atoms in total. The van der Waals surface area contributed by atoms with Gasteiger partial charge in [0.1, 0.15) is 0 Å². The van der Waals surface area contributed by atoms with Gasteiger partial charge in [-0.15, -0.1) is 0 Å². The van der Waals surface area contributed by atoms with Gasteiger partial charge in [-0.25, -0.2) is 0 Å². The van der Waals surface area contributed by atoms with Crippen molar-refractivity contribution in [3.63, 3.8) is 0 Å². The molecule has 2 aromatic carbocycles. The van der Waals surface area contributed by atoms with Gasteiger partial charge in [0.2, 0.25) is 5.91 Å². The molecule has 0 saturated carbocycles. The number of methoxy groups -OCH3 is 1. The lowest BCUT2D eigenvalue weighted by molar-refractivity contribution is 0.100. The van der Waals surface area contributed by atoms with Crippen LogP contribution in [0.15, 0.2) is 40.9 Å². The van der Waals surface area contributed by atoms with Crippen LogP contribution >= 0.6 is 27.5 Å². The number of hydrogen-bond donors (Lipinski definition) is 2.